The molecule has 1 fully saturated rings. The average Bonchev–Trinajstić information content (AvgIpc) is 3.37. The molecule has 4 rings (SSSR count). The molecule has 180 valence electrons. The van der Waals surface area contributed by atoms with Crippen molar-refractivity contribution in [2.24, 2.45) is 0 Å². The van der Waals surface area contributed by atoms with Gasteiger partial charge in [-0.05, 0) is 86.1 Å². The second-order valence-electron chi connectivity index (χ2n) is 8.31. The molecular formula is C23H30N2O6S2. The van der Waals surface area contributed by atoms with Gasteiger partial charge in [0.1, 0.15) is 23.0 Å². The minimum absolute atomic E-state index is 0.0659. The van der Waals surface area contributed by atoms with E-state index in [0.29, 0.717) is 24.6 Å². The van der Waals surface area contributed by atoms with Crippen molar-refractivity contribution in [3.8, 4) is 11.5 Å². The number of nitrogens with zero attached hydrogens (tertiary/aromatic N) is 1. The second-order valence-corrected chi connectivity index (χ2v) is 12.0. The Labute approximate surface area is 196 Å². The number of hydrogen-bond acceptors (Lipinski definition) is 6. The van der Waals surface area contributed by atoms with Crippen molar-refractivity contribution >= 4 is 20.0 Å². The molecule has 1 N–H and O–H groups in total. The number of rotatable bonds is 9. The van der Waals surface area contributed by atoms with Gasteiger partial charge in [0.2, 0.25) is 20.0 Å². The molecule has 8 nitrogen and oxygen atoms in total. The van der Waals surface area contributed by atoms with Gasteiger partial charge in [0, 0.05) is 19.6 Å². The zero-order valence-corrected chi connectivity index (χ0v) is 20.4. The Morgan fingerprint density at radius 2 is 1.55 bits per heavy atom. The predicted octanol–water partition coefficient (Wildman–Crippen LogP) is 2.72. The zero-order chi connectivity index (χ0) is 23.5. The van der Waals surface area contributed by atoms with Crippen molar-refractivity contribution in [2.75, 3.05) is 33.4 Å². The van der Waals surface area contributed by atoms with Gasteiger partial charge in [0.25, 0.3) is 0 Å². The molecule has 2 aromatic rings. The van der Waals surface area contributed by atoms with Crippen LogP contribution in [0, 0.1) is 0 Å². The lowest BCUT2D eigenvalue weighted by Gasteiger charge is -2.19. The van der Waals surface area contributed by atoms with E-state index >= 15 is 0 Å². The third-order valence-electron chi connectivity index (χ3n) is 6.11. The lowest BCUT2D eigenvalue weighted by Crippen LogP contribution is -2.29. The number of hydrogen-bond donors (Lipinski definition) is 1. The first kappa shape index (κ1) is 24.0. The molecule has 1 aliphatic heterocycles. The van der Waals surface area contributed by atoms with Crippen LogP contribution in [-0.2, 0) is 32.9 Å². The number of benzene rings is 2. The van der Waals surface area contributed by atoms with E-state index < -0.39 is 20.0 Å². The Balaban J connectivity index is 1.35. The van der Waals surface area contributed by atoms with Gasteiger partial charge in [0.05, 0.1) is 12.0 Å². The Bertz CT molecular complexity index is 1190. The molecule has 0 saturated carbocycles. The molecule has 0 bridgehead atoms. The first-order chi connectivity index (χ1) is 15.8. The maximum absolute atomic E-state index is 12.9. The second kappa shape index (κ2) is 10.0. The minimum Gasteiger partial charge on any atom is -0.495 e. The molecule has 10 heteroatoms. The smallest absolute Gasteiger partial charge is 0.244 e. The number of fused-ring (bicyclic) bond motifs is 1. The highest BCUT2D eigenvalue weighted by Gasteiger charge is 2.27. The number of sulfonamides is 2. The Morgan fingerprint density at radius 1 is 0.909 bits per heavy atom. The van der Waals surface area contributed by atoms with Crippen molar-refractivity contribution < 1.29 is 26.3 Å². The normalized spacial score (nSPS) is 17.0. The maximum atomic E-state index is 12.9. The topological polar surface area (TPSA) is 102 Å². The highest BCUT2D eigenvalue weighted by Crippen LogP contribution is 2.32. The van der Waals surface area contributed by atoms with Crippen LogP contribution in [0.5, 0.6) is 11.5 Å². The molecular weight excluding hydrogens is 464 g/mol. The lowest BCUT2D eigenvalue weighted by molar-refractivity contribution is 0.322. The zero-order valence-electron chi connectivity index (χ0n) is 18.7. The summed E-state index contributed by atoms with van der Waals surface area (Å²) in [7, 11) is -5.76. The van der Waals surface area contributed by atoms with Crippen LogP contribution >= 0.6 is 0 Å². The van der Waals surface area contributed by atoms with Crippen molar-refractivity contribution in [1.82, 2.24) is 9.03 Å². The van der Waals surface area contributed by atoms with E-state index in [1.54, 1.807) is 18.2 Å². The van der Waals surface area contributed by atoms with Crippen LogP contribution in [0.2, 0.25) is 0 Å². The third-order valence-corrected chi connectivity index (χ3v) is 9.50. The van der Waals surface area contributed by atoms with Gasteiger partial charge in [-0.2, -0.15) is 4.31 Å². The fourth-order valence-corrected chi connectivity index (χ4v) is 7.05. The molecule has 2 aromatic carbocycles. The van der Waals surface area contributed by atoms with E-state index in [-0.39, 0.29) is 22.9 Å². The van der Waals surface area contributed by atoms with Gasteiger partial charge >= 0.3 is 0 Å². The van der Waals surface area contributed by atoms with Crippen molar-refractivity contribution in [3.63, 3.8) is 0 Å². The summed E-state index contributed by atoms with van der Waals surface area (Å²) in [4.78, 5) is 0.374. The van der Waals surface area contributed by atoms with Crippen LogP contribution in [0.25, 0.3) is 0 Å². The van der Waals surface area contributed by atoms with Gasteiger partial charge in [0.15, 0.2) is 0 Å². The Morgan fingerprint density at radius 3 is 2.18 bits per heavy atom. The largest absolute Gasteiger partial charge is 0.495 e. The highest BCUT2D eigenvalue weighted by atomic mass is 32.2. The molecule has 0 amide bonds. The van der Waals surface area contributed by atoms with Crippen molar-refractivity contribution in [3.05, 3.63) is 47.5 Å². The standard InChI is InChI=1S/C23H30N2O6S2/c1-30-22-16-18-6-2-3-7-19(18)17-23(22)32(26,27)24-12-15-31-20-8-10-21(11-9-20)33(28,29)25-13-4-5-14-25/h8-11,16-17,24H,2-7,12-15H2,1H3. The van der Waals surface area contributed by atoms with Crippen molar-refractivity contribution in [1.29, 1.82) is 0 Å². The summed E-state index contributed by atoms with van der Waals surface area (Å²) in [6.45, 7) is 1.27. The number of aryl methyl sites for hydroxylation is 2. The van der Waals surface area contributed by atoms with Crippen LogP contribution in [0.1, 0.15) is 36.8 Å². The summed E-state index contributed by atoms with van der Waals surface area (Å²) in [6.07, 6.45) is 5.72. The predicted molar refractivity (Wildman–Crippen MR) is 125 cm³/mol. The number of ether oxygens (including phenoxy) is 2. The van der Waals surface area contributed by atoms with Gasteiger partial charge in [-0.25, -0.2) is 21.6 Å². The molecule has 1 aliphatic carbocycles. The summed E-state index contributed by atoms with van der Waals surface area (Å²) >= 11 is 0. The first-order valence-electron chi connectivity index (χ1n) is 11.2. The third kappa shape index (κ3) is 5.34. The van der Waals surface area contributed by atoms with Crippen LogP contribution in [0.4, 0.5) is 0 Å². The monoisotopic (exact) mass is 494 g/mol. The molecule has 33 heavy (non-hydrogen) atoms. The summed E-state index contributed by atoms with van der Waals surface area (Å²) in [6, 6.07) is 9.76. The molecule has 1 saturated heterocycles. The number of methoxy groups -OCH3 is 1. The van der Waals surface area contributed by atoms with E-state index in [0.717, 1.165) is 49.7 Å². The fraction of sp³-hybridized carbons (Fsp3) is 0.478. The minimum atomic E-state index is -3.77. The molecule has 0 radical (unpaired) electrons. The fourth-order valence-electron chi connectivity index (χ4n) is 4.32. The van der Waals surface area contributed by atoms with E-state index in [1.165, 1.54) is 23.5 Å². The van der Waals surface area contributed by atoms with E-state index in [9.17, 15) is 16.8 Å². The van der Waals surface area contributed by atoms with Crippen LogP contribution < -0.4 is 14.2 Å². The molecule has 0 spiro atoms. The highest BCUT2D eigenvalue weighted by molar-refractivity contribution is 7.89. The summed E-state index contributed by atoms with van der Waals surface area (Å²) in [5, 5.41) is 0. The van der Waals surface area contributed by atoms with Gasteiger partial charge in [-0.3, -0.25) is 0 Å². The van der Waals surface area contributed by atoms with E-state index in [4.69, 9.17) is 9.47 Å². The van der Waals surface area contributed by atoms with Gasteiger partial charge in [-0.15, -0.1) is 0 Å². The number of nitrogens with one attached hydrogen (secondary N) is 1. The molecule has 0 aromatic heterocycles. The average molecular weight is 495 g/mol. The van der Waals surface area contributed by atoms with E-state index in [1.807, 2.05) is 6.07 Å². The van der Waals surface area contributed by atoms with Gasteiger partial charge in [-0.1, -0.05) is 0 Å². The lowest BCUT2D eigenvalue weighted by atomic mass is 9.92. The Hall–Kier alpha value is -2.14. The quantitative estimate of drug-likeness (QED) is 0.538. The molecule has 0 atom stereocenters. The van der Waals surface area contributed by atoms with Crippen LogP contribution in [0.3, 0.4) is 0 Å². The molecule has 2 aliphatic rings. The Kier molecular flexibility index (Phi) is 7.28. The SMILES string of the molecule is COc1cc2c(cc1S(=O)(=O)NCCOc1ccc(S(=O)(=O)N3CCCC3)cc1)CCCC2. The first-order valence-corrected chi connectivity index (χ1v) is 14.2. The van der Waals surface area contributed by atoms with Crippen molar-refractivity contribution in [2.45, 2.75) is 48.3 Å². The van der Waals surface area contributed by atoms with E-state index in [2.05, 4.69) is 4.72 Å². The summed E-state index contributed by atoms with van der Waals surface area (Å²) in [5.41, 5.74) is 2.21. The summed E-state index contributed by atoms with van der Waals surface area (Å²) in [5.74, 6) is 0.819. The molecule has 0 unspecified atom stereocenters. The van der Waals surface area contributed by atoms with Gasteiger partial charge < -0.3 is 9.47 Å². The molecule has 1 heterocycles. The van der Waals surface area contributed by atoms with Crippen LogP contribution in [-0.4, -0.2) is 54.5 Å². The van der Waals surface area contributed by atoms with Crippen LogP contribution in [0.15, 0.2) is 46.2 Å². The maximum Gasteiger partial charge on any atom is 0.244 e. The summed E-state index contributed by atoms with van der Waals surface area (Å²) < 4.78 is 65.9.